The van der Waals surface area contributed by atoms with Crippen molar-refractivity contribution in [2.45, 2.75) is 58.0 Å². The van der Waals surface area contributed by atoms with Crippen LogP contribution < -0.4 is 0 Å². The van der Waals surface area contributed by atoms with Crippen molar-refractivity contribution in [3.05, 3.63) is 17.4 Å². The van der Waals surface area contributed by atoms with Crippen molar-refractivity contribution in [1.82, 2.24) is 0 Å². The topological polar surface area (TPSA) is 20.2 Å². The third-order valence-corrected chi connectivity index (χ3v) is 2.57. The Morgan fingerprint density at radius 2 is 2.38 bits per heavy atom. The molecule has 0 aliphatic heterocycles. The van der Waals surface area contributed by atoms with Crippen molar-refractivity contribution in [1.29, 1.82) is 0 Å². The third-order valence-electron chi connectivity index (χ3n) is 2.57. The normalized spacial score (nSPS) is 22.6. The standard InChI is InChI=1S/C12H20O/c1-2-3-4-5-8-11-9-6-7-10-12(11)13/h5,12-13H,2-4,6-7,9-10H2,1H3. The second-order valence-corrected chi connectivity index (χ2v) is 3.78. The van der Waals surface area contributed by atoms with Crippen LogP contribution in [0.1, 0.15) is 51.9 Å². The molecule has 0 aromatic rings. The molecule has 1 saturated carbocycles. The number of unbranched alkanes of at least 4 members (excludes halogenated alkanes) is 2. The Hall–Kier alpha value is -0.520. The number of rotatable bonds is 3. The molecular formula is C12H20O. The Bertz CT molecular complexity index is 199. The van der Waals surface area contributed by atoms with Gasteiger partial charge in [-0.15, -0.1) is 5.73 Å². The fraction of sp³-hybridized carbons (Fsp3) is 0.750. The molecule has 1 unspecified atom stereocenters. The quantitative estimate of drug-likeness (QED) is 0.522. The molecule has 0 spiro atoms. The molecule has 0 aromatic heterocycles. The van der Waals surface area contributed by atoms with Crippen molar-refractivity contribution >= 4 is 0 Å². The summed E-state index contributed by atoms with van der Waals surface area (Å²) in [6, 6.07) is 0. The number of hydrogen-bond donors (Lipinski definition) is 1. The van der Waals surface area contributed by atoms with E-state index in [2.05, 4.69) is 18.7 Å². The Balaban J connectivity index is 2.42. The van der Waals surface area contributed by atoms with Crippen LogP contribution in [0.4, 0.5) is 0 Å². The fourth-order valence-electron chi connectivity index (χ4n) is 1.67. The summed E-state index contributed by atoms with van der Waals surface area (Å²) in [6.07, 6.45) is 9.83. The van der Waals surface area contributed by atoms with Crippen LogP contribution in [0.2, 0.25) is 0 Å². The molecule has 74 valence electrons. The molecule has 0 bridgehead atoms. The summed E-state index contributed by atoms with van der Waals surface area (Å²) in [4.78, 5) is 0. The average molecular weight is 180 g/mol. The van der Waals surface area contributed by atoms with Crippen LogP contribution in [0, 0.1) is 0 Å². The first kappa shape index (κ1) is 10.6. The second-order valence-electron chi connectivity index (χ2n) is 3.78. The van der Waals surface area contributed by atoms with E-state index < -0.39 is 0 Å². The maximum absolute atomic E-state index is 9.61. The third kappa shape index (κ3) is 3.80. The largest absolute Gasteiger partial charge is 0.388 e. The molecular weight excluding hydrogens is 160 g/mol. The van der Waals surface area contributed by atoms with E-state index in [-0.39, 0.29) is 6.10 Å². The lowest BCUT2D eigenvalue weighted by atomic mass is 9.93. The minimum absolute atomic E-state index is 0.202. The molecule has 1 N–H and O–H groups in total. The molecule has 1 atom stereocenters. The van der Waals surface area contributed by atoms with E-state index in [0.29, 0.717) is 0 Å². The van der Waals surface area contributed by atoms with Crippen LogP contribution in [-0.4, -0.2) is 11.2 Å². The van der Waals surface area contributed by atoms with Gasteiger partial charge in [-0.2, -0.15) is 0 Å². The smallest absolute Gasteiger partial charge is 0.0823 e. The summed E-state index contributed by atoms with van der Waals surface area (Å²) < 4.78 is 0. The predicted octanol–water partition coefficient (Wildman–Crippen LogP) is 3.19. The minimum Gasteiger partial charge on any atom is -0.388 e. The monoisotopic (exact) mass is 180 g/mol. The number of aliphatic hydroxyl groups excluding tert-OH is 1. The summed E-state index contributed by atoms with van der Waals surface area (Å²) in [6.45, 7) is 2.19. The molecule has 1 aliphatic carbocycles. The molecule has 1 fully saturated rings. The van der Waals surface area contributed by atoms with Crippen molar-refractivity contribution in [2.75, 3.05) is 0 Å². The van der Waals surface area contributed by atoms with Crippen LogP contribution in [0.5, 0.6) is 0 Å². The van der Waals surface area contributed by atoms with Gasteiger partial charge in [-0.1, -0.05) is 19.8 Å². The second kappa shape index (κ2) is 6.01. The molecule has 1 aliphatic rings. The van der Waals surface area contributed by atoms with Crippen LogP contribution in [0.15, 0.2) is 17.4 Å². The van der Waals surface area contributed by atoms with Gasteiger partial charge in [0.05, 0.1) is 6.10 Å². The molecule has 0 radical (unpaired) electrons. The van der Waals surface area contributed by atoms with Gasteiger partial charge in [0.15, 0.2) is 0 Å². The van der Waals surface area contributed by atoms with Gasteiger partial charge in [0.2, 0.25) is 0 Å². The maximum Gasteiger partial charge on any atom is 0.0823 e. The molecule has 0 heterocycles. The molecule has 1 heteroatoms. The summed E-state index contributed by atoms with van der Waals surface area (Å²) in [5.74, 6) is 0. The van der Waals surface area contributed by atoms with Crippen LogP contribution in [-0.2, 0) is 0 Å². The number of aliphatic hydroxyl groups is 1. The summed E-state index contributed by atoms with van der Waals surface area (Å²) in [7, 11) is 0. The fourth-order valence-corrected chi connectivity index (χ4v) is 1.67. The first-order chi connectivity index (χ1) is 6.34. The van der Waals surface area contributed by atoms with E-state index in [9.17, 15) is 5.11 Å². The van der Waals surface area contributed by atoms with Gasteiger partial charge < -0.3 is 5.11 Å². The Kier molecular flexibility index (Phi) is 4.88. The van der Waals surface area contributed by atoms with Gasteiger partial charge in [0.25, 0.3) is 0 Å². The van der Waals surface area contributed by atoms with Crippen LogP contribution in [0.25, 0.3) is 0 Å². The highest BCUT2D eigenvalue weighted by molar-refractivity contribution is 5.09. The molecule has 0 amide bonds. The van der Waals surface area contributed by atoms with E-state index in [1.807, 2.05) is 0 Å². The van der Waals surface area contributed by atoms with E-state index in [1.54, 1.807) is 0 Å². The maximum atomic E-state index is 9.61. The summed E-state index contributed by atoms with van der Waals surface area (Å²) in [5, 5.41) is 9.61. The van der Waals surface area contributed by atoms with Gasteiger partial charge in [-0.3, -0.25) is 0 Å². The van der Waals surface area contributed by atoms with Crippen molar-refractivity contribution < 1.29 is 5.11 Å². The average Bonchev–Trinajstić information content (AvgIpc) is 2.15. The number of hydrogen-bond acceptors (Lipinski definition) is 1. The SMILES string of the molecule is CCCCC=C=C1CCCCC1O. The van der Waals surface area contributed by atoms with E-state index >= 15 is 0 Å². The van der Waals surface area contributed by atoms with Crippen LogP contribution in [0.3, 0.4) is 0 Å². The van der Waals surface area contributed by atoms with Gasteiger partial charge in [0.1, 0.15) is 0 Å². The van der Waals surface area contributed by atoms with E-state index in [4.69, 9.17) is 0 Å². The lowest BCUT2D eigenvalue weighted by Gasteiger charge is -2.18. The van der Waals surface area contributed by atoms with E-state index in [0.717, 1.165) is 24.8 Å². The summed E-state index contributed by atoms with van der Waals surface area (Å²) >= 11 is 0. The molecule has 0 saturated heterocycles. The predicted molar refractivity (Wildman–Crippen MR) is 55.6 cm³/mol. The molecule has 1 nitrogen and oxygen atoms in total. The lowest BCUT2D eigenvalue weighted by molar-refractivity contribution is 0.179. The summed E-state index contributed by atoms with van der Waals surface area (Å²) in [5.41, 5.74) is 4.38. The van der Waals surface area contributed by atoms with Gasteiger partial charge in [0, 0.05) is 0 Å². The van der Waals surface area contributed by atoms with E-state index in [1.165, 1.54) is 25.7 Å². The van der Waals surface area contributed by atoms with Gasteiger partial charge in [-0.25, -0.2) is 0 Å². The van der Waals surface area contributed by atoms with Gasteiger partial charge >= 0.3 is 0 Å². The zero-order valence-corrected chi connectivity index (χ0v) is 8.55. The Morgan fingerprint density at radius 1 is 1.54 bits per heavy atom. The van der Waals surface area contributed by atoms with Crippen molar-refractivity contribution in [3.8, 4) is 0 Å². The minimum atomic E-state index is -0.202. The Morgan fingerprint density at radius 3 is 3.08 bits per heavy atom. The highest BCUT2D eigenvalue weighted by Gasteiger charge is 2.14. The zero-order valence-electron chi connectivity index (χ0n) is 8.55. The molecule has 13 heavy (non-hydrogen) atoms. The highest BCUT2D eigenvalue weighted by Crippen LogP contribution is 2.22. The zero-order chi connectivity index (χ0) is 9.52. The van der Waals surface area contributed by atoms with Crippen molar-refractivity contribution in [2.24, 2.45) is 0 Å². The first-order valence-corrected chi connectivity index (χ1v) is 5.46. The Labute approximate surface area is 81.2 Å². The highest BCUT2D eigenvalue weighted by atomic mass is 16.3. The first-order valence-electron chi connectivity index (χ1n) is 5.46. The van der Waals surface area contributed by atoms with Crippen molar-refractivity contribution in [3.63, 3.8) is 0 Å². The van der Waals surface area contributed by atoms with Crippen LogP contribution >= 0.6 is 0 Å². The molecule has 0 aromatic carbocycles. The van der Waals surface area contributed by atoms with Gasteiger partial charge in [-0.05, 0) is 43.8 Å². The lowest BCUT2D eigenvalue weighted by Crippen LogP contribution is -2.13. The molecule has 1 rings (SSSR count).